The number of fused-ring (bicyclic) bond motifs is 1. The fourth-order valence-corrected chi connectivity index (χ4v) is 7.17. The molecule has 0 saturated carbocycles. The van der Waals surface area contributed by atoms with Crippen LogP contribution in [0.15, 0.2) is 41.8 Å². The lowest BCUT2D eigenvalue weighted by molar-refractivity contribution is 0.0613. The van der Waals surface area contributed by atoms with E-state index < -0.39 is 0 Å². The Morgan fingerprint density at radius 3 is 2.58 bits per heavy atom. The Kier molecular flexibility index (Phi) is 6.96. The average molecular weight is 504 g/mol. The smallest absolute Gasteiger partial charge is 0.253 e. The molecular formula is C29H37N5OS. The molecule has 7 heteroatoms. The molecule has 1 atom stereocenters. The molecule has 36 heavy (non-hydrogen) atoms. The molecule has 1 N–H and O–H groups in total. The van der Waals surface area contributed by atoms with Gasteiger partial charge in [0.05, 0.1) is 21.6 Å². The van der Waals surface area contributed by atoms with E-state index in [1.165, 1.54) is 50.0 Å². The lowest BCUT2D eigenvalue weighted by Gasteiger charge is -2.40. The van der Waals surface area contributed by atoms with Crippen molar-refractivity contribution in [3.8, 4) is 11.3 Å². The topological polar surface area (TPSA) is 51.7 Å². The average Bonchev–Trinajstić information content (AvgIpc) is 3.59. The minimum atomic E-state index is 0.142. The highest BCUT2D eigenvalue weighted by atomic mass is 32.1. The van der Waals surface area contributed by atoms with E-state index in [0.717, 1.165) is 60.6 Å². The van der Waals surface area contributed by atoms with Gasteiger partial charge in [0.25, 0.3) is 5.91 Å². The van der Waals surface area contributed by atoms with Crippen LogP contribution in [-0.2, 0) is 0 Å². The SMILES string of the molecule is CCN1CC2CCCN2C2CCN(CCCNc3cc(nc4ccsc34)-c3ccc(cc3)C1=O)CC2. The minimum Gasteiger partial charge on any atom is -0.384 e. The molecule has 3 aromatic rings. The van der Waals surface area contributed by atoms with Crippen LogP contribution in [0, 0.1) is 0 Å². The second-order valence-electron chi connectivity index (χ2n) is 10.5. The molecule has 0 spiro atoms. The second kappa shape index (κ2) is 10.5. The van der Waals surface area contributed by atoms with Crippen molar-refractivity contribution in [2.75, 3.05) is 51.1 Å². The number of hydrogen-bond donors (Lipinski definition) is 1. The molecule has 2 aromatic heterocycles. The van der Waals surface area contributed by atoms with E-state index in [9.17, 15) is 4.79 Å². The van der Waals surface area contributed by atoms with E-state index in [4.69, 9.17) is 4.98 Å². The maximum atomic E-state index is 13.5. The van der Waals surface area contributed by atoms with E-state index in [0.29, 0.717) is 12.1 Å². The number of likely N-dealkylation sites (N-methyl/N-ethyl adjacent to an activating group) is 1. The predicted octanol–water partition coefficient (Wildman–Crippen LogP) is 5.17. The monoisotopic (exact) mass is 503 g/mol. The highest BCUT2D eigenvalue weighted by molar-refractivity contribution is 7.17. The lowest BCUT2D eigenvalue weighted by atomic mass is 10.0. The summed E-state index contributed by atoms with van der Waals surface area (Å²) >= 11 is 1.74. The number of benzene rings is 1. The molecule has 2 saturated heterocycles. The van der Waals surface area contributed by atoms with Gasteiger partial charge in [-0.05, 0) is 94.9 Å². The third-order valence-corrected chi connectivity index (χ3v) is 9.29. The van der Waals surface area contributed by atoms with Crippen molar-refractivity contribution < 1.29 is 4.79 Å². The molecule has 8 heterocycles. The molecule has 0 aliphatic carbocycles. The van der Waals surface area contributed by atoms with Crippen molar-refractivity contribution in [3.63, 3.8) is 0 Å². The maximum absolute atomic E-state index is 13.5. The van der Waals surface area contributed by atoms with Crippen LogP contribution < -0.4 is 5.32 Å². The summed E-state index contributed by atoms with van der Waals surface area (Å²) in [6.45, 7) is 9.35. The molecule has 1 aromatic carbocycles. The highest BCUT2D eigenvalue weighted by Crippen LogP contribution is 2.33. The number of carbonyl (C=O) groups is 1. The first-order valence-corrected chi connectivity index (χ1v) is 14.6. The number of hydrogen-bond acceptors (Lipinski definition) is 6. The standard InChI is InChI=1S/C29H37N5OS/c1-2-33-20-24-5-3-15-34(24)23-10-16-32(17-11-23)14-4-13-30-27-19-26(31-25-12-18-36-28(25)27)21-6-8-22(9-7-21)29(33)35/h6-9,12,18-19,23-24,30H,2-5,10-11,13-17,20H2,1H3. The van der Waals surface area contributed by atoms with Gasteiger partial charge in [0.2, 0.25) is 0 Å². The number of nitrogens with zero attached hydrogens (tertiary/aromatic N) is 4. The van der Waals surface area contributed by atoms with Gasteiger partial charge < -0.3 is 15.1 Å². The number of pyridine rings is 1. The van der Waals surface area contributed by atoms with E-state index in [1.54, 1.807) is 11.3 Å². The number of anilines is 1. The first-order chi connectivity index (χ1) is 17.7. The van der Waals surface area contributed by atoms with E-state index >= 15 is 0 Å². The number of rotatable bonds is 1. The van der Waals surface area contributed by atoms with Gasteiger partial charge >= 0.3 is 0 Å². The maximum Gasteiger partial charge on any atom is 0.253 e. The summed E-state index contributed by atoms with van der Waals surface area (Å²) in [4.78, 5) is 25.9. The molecular weight excluding hydrogens is 466 g/mol. The summed E-state index contributed by atoms with van der Waals surface area (Å²) in [6.07, 6.45) is 6.08. The van der Waals surface area contributed by atoms with Gasteiger partial charge in [-0.3, -0.25) is 9.69 Å². The van der Waals surface area contributed by atoms with Crippen molar-refractivity contribution in [2.45, 2.75) is 51.1 Å². The van der Waals surface area contributed by atoms with Gasteiger partial charge in [-0.25, -0.2) is 4.98 Å². The van der Waals surface area contributed by atoms with Crippen LogP contribution in [0.5, 0.6) is 0 Å². The normalized spacial score (nSPS) is 25.8. The van der Waals surface area contributed by atoms with Crippen LogP contribution in [0.25, 0.3) is 21.5 Å². The molecule has 6 aliphatic rings. The van der Waals surface area contributed by atoms with E-state index in [1.807, 2.05) is 12.1 Å². The Hall–Kier alpha value is -2.48. The summed E-state index contributed by atoms with van der Waals surface area (Å²) in [5, 5.41) is 5.83. The molecule has 190 valence electrons. The zero-order valence-corrected chi connectivity index (χ0v) is 22.1. The summed E-state index contributed by atoms with van der Waals surface area (Å²) in [6, 6.07) is 13.5. The third-order valence-electron chi connectivity index (χ3n) is 8.35. The van der Waals surface area contributed by atoms with Crippen LogP contribution >= 0.6 is 11.3 Å². The van der Waals surface area contributed by atoms with Crippen LogP contribution in [0.2, 0.25) is 0 Å². The minimum absolute atomic E-state index is 0.142. The summed E-state index contributed by atoms with van der Waals surface area (Å²) < 4.78 is 1.22. The first kappa shape index (κ1) is 23.9. The van der Waals surface area contributed by atoms with Gasteiger partial charge in [-0.15, -0.1) is 11.3 Å². The Morgan fingerprint density at radius 1 is 0.972 bits per heavy atom. The largest absolute Gasteiger partial charge is 0.384 e. The highest BCUT2D eigenvalue weighted by Gasteiger charge is 2.34. The molecule has 6 bridgehead atoms. The Morgan fingerprint density at radius 2 is 1.78 bits per heavy atom. The number of carbonyl (C=O) groups excluding carboxylic acids is 1. The number of aromatic nitrogens is 1. The summed E-state index contributed by atoms with van der Waals surface area (Å²) in [7, 11) is 0. The van der Waals surface area contributed by atoms with Crippen molar-refractivity contribution in [2.24, 2.45) is 0 Å². The molecule has 9 rings (SSSR count). The summed E-state index contributed by atoms with van der Waals surface area (Å²) in [5.74, 6) is 0.142. The van der Waals surface area contributed by atoms with Crippen LogP contribution in [0.3, 0.4) is 0 Å². The van der Waals surface area contributed by atoms with E-state index in [-0.39, 0.29) is 5.91 Å². The second-order valence-corrected chi connectivity index (χ2v) is 11.4. The van der Waals surface area contributed by atoms with Crippen molar-refractivity contribution in [3.05, 3.63) is 47.3 Å². The van der Waals surface area contributed by atoms with Gasteiger partial charge in [0.1, 0.15) is 0 Å². The molecule has 6 aliphatic heterocycles. The van der Waals surface area contributed by atoms with Gasteiger partial charge in [0.15, 0.2) is 0 Å². The third kappa shape index (κ3) is 4.76. The van der Waals surface area contributed by atoms with Crippen LogP contribution in [-0.4, -0.2) is 83.5 Å². The Balaban J connectivity index is 1.32. The molecule has 1 amide bonds. The van der Waals surface area contributed by atoms with Gasteiger partial charge in [-0.1, -0.05) is 12.1 Å². The number of amides is 1. The Labute approximate surface area is 218 Å². The van der Waals surface area contributed by atoms with Crippen molar-refractivity contribution in [1.82, 2.24) is 19.7 Å². The van der Waals surface area contributed by atoms with Gasteiger partial charge in [-0.2, -0.15) is 0 Å². The van der Waals surface area contributed by atoms with Crippen molar-refractivity contribution >= 4 is 33.1 Å². The van der Waals surface area contributed by atoms with E-state index in [2.05, 4.69) is 56.6 Å². The fourth-order valence-electron chi connectivity index (χ4n) is 6.35. The quantitative estimate of drug-likeness (QED) is 0.497. The van der Waals surface area contributed by atoms with Gasteiger partial charge in [0, 0.05) is 42.8 Å². The Bertz CT molecular complexity index is 1200. The lowest BCUT2D eigenvalue weighted by Crippen LogP contribution is -2.50. The zero-order valence-electron chi connectivity index (χ0n) is 21.3. The van der Waals surface area contributed by atoms with Crippen LogP contribution in [0.1, 0.15) is 49.4 Å². The zero-order chi connectivity index (χ0) is 24.5. The molecule has 0 radical (unpaired) electrons. The van der Waals surface area contributed by atoms with Crippen LogP contribution in [0.4, 0.5) is 5.69 Å². The summed E-state index contributed by atoms with van der Waals surface area (Å²) in [5.41, 5.74) is 4.96. The first-order valence-electron chi connectivity index (χ1n) is 13.7. The number of thiophene rings is 1. The molecule has 1 unspecified atom stereocenters. The molecule has 2 fully saturated rings. The fraction of sp³-hybridized carbons (Fsp3) is 0.517. The predicted molar refractivity (Wildman–Crippen MR) is 149 cm³/mol. The van der Waals surface area contributed by atoms with Crippen molar-refractivity contribution in [1.29, 1.82) is 0 Å². The number of piperidine rings is 1. The molecule has 6 nitrogen and oxygen atoms in total. The number of nitrogens with one attached hydrogen (secondary N) is 1.